The molecule has 1 N–H and O–H groups in total. The standard InChI is InChI=1S/C15H28O/c1-12(9-11-16)7-8-14-13(2)6-5-10-15(14,3)4/h9,13-14,16H,5-8,10-11H2,1-4H3. The van der Waals surface area contributed by atoms with E-state index in [1.165, 1.54) is 31.3 Å². The lowest BCUT2D eigenvalue weighted by atomic mass is 9.62. The van der Waals surface area contributed by atoms with Crippen molar-refractivity contribution < 1.29 is 5.11 Å². The van der Waals surface area contributed by atoms with Crippen LogP contribution < -0.4 is 0 Å². The van der Waals surface area contributed by atoms with Gasteiger partial charge in [-0.3, -0.25) is 0 Å². The Morgan fingerprint density at radius 2 is 2.12 bits per heavy atom. The highest BCUT2D eigenvalue weighted by Gasteiger charge is 2.35. The number of aliphatic hydroxyl groups excluding tert-OH is 1. The van der Waals surface area contributed by atoms with Crippen molar-refractivity contribution in [2.75, 3.05) is 6.61 Å². The van der Waals surface area contributed by atoms with Crippen molar-refractivity contribution in [3.05, 3.63) is 11.6 Å². The van der Waals surface area contributed by atoms with Gasteiger partial charge in [0.05, 0.1) is 6.61 Å². The molecule has 0 heterocycles. The largest absolute Gasteiger partial charge is 0.392 e. The zero-order chi connectivity index (χ0) is 12.2. The van der Waals surface area contributed by atoms with Gasteiger partial charge in [0.25, 0.3) is 0 Å². The number of hydrogen-bond donors (Lipinski definition) is 1. The molecule has 1 heteroatoms. The molecule has 0 amide bonds. The Morgan fingerprint density at radius 1 is 1.44 bits per heavy atom. The molecule has 1 fully saturated rings. The average Bonchev–Trinajstić information content (AvgIpc) is 2.16. The van der Waals surface area contributed by atoms with Crippen molar-refractivity contribution in [2.24, 2.45) is 17.3 Å². The van der Waals surface area contributed by atoms with Crippen molar-refractivity contribution in [2.45, 2.75) is 59.8 Å². The van der Waals surface area contributed by atoms with E-state index in [0.717, 1.165) is 18.3 Å². The Hall–Kier alpha value is -0.300. The second-order valence-corrected chi connectivity index (χ2v) is 6.24. The minimum absolute atomic E-state index is 0.190. The molecule has 0 aromatic rings. The zero-order valence-electron chi connectivity index (χ0n) is 11.4. The number of hydrogen-bond acceptors (Lipinski definition) is 1. The summed E-state index contributed by atoms with van der Waals surface area (Å²) in [6.45, 7) is 9.60. The molecule has 0 radical (unpaired) electrons. The SMILES string of the molecule is CC(=CCO)CCC1C(C)CCCC1(C)C. The molecule has 2 unspecified atom stereocenters. The van der Waals surface area contributed by atoms with Gasteiger partial charge < -0.3 is 5.11 Å². The van der Waals surface area contributed by atoms with Crippen LogP contribution in [0.25, 0.3) is 0 Å². The molecule has 0 aromatic heterocycles. The van der Waals surface area contributed by atoms with Gasteiger partial charge >= 0.3 is 0 Å². The maximum absolute atomic E-state index is 8.85. The lowest BCUT2D eigenvalue weighted by molar-refractivity contribution is 0.0767. The second-order valence-electron chi connectivity index (χ2n) is 6.24. The van der Waals surface area contributed by atoms with Gasteiger partial charge in [-0.05, 0) is 43.4 Å². The molecule has 1 rings (SSSR count). The van der Waals surface area contributed by atoms with E-state index in [-0.39, 0.29) is 6.61 Å². The lowest BCUT2D eigenvalue weighted by Gasteiger charge is -2.43. The van der Waals surface area contributed by atoms with Crippen LogP contribution in [0.5, 0.6) is 0 Å². The Balaban J connectivity index is 2.53. The van der Waals surface area contributed by atoms with E-state index >= 15 is 0 Å². The molecule has 0 spiro atoms. The first-order valence-corrected chi connectivity index (χ1v) is 6.74. The smallest absolute Gasteiger partial charge is 0.0614 e. The third kappa shape index (κ3) is 3.62. The van der Waals surface area contributed by atoms with Crippen LogP contribution in [-0.4, -0.2) is 11.7 Å². The van der Waals surface area contributed by atoms with Gasteiger partial charge in [-0.15, -0.1) is 0 Å². The first-order valence-electron chi connectivity index (χ1n) is 6.74. The molecular formula is C15H28O. The zero-order valence-corrected chi connectivity index (χ0v) is 11.4. The van der Waals surface area contributed by atoms with Gasteiger partial charge in [-0.25, -0.2) is 0 Å². The first-order chi connectivity index (χ1) is 7.47. The fourth-order valence-corrected chi connectivity index (χ4v) is 3.35. The molecule has 0 saturated heterocycles. The summed E-state index contributed by atoms with van der Waals surface area (Å²) < 4.78 is 0. The third-order valence-electron chi connectivity index (χ3n) is 4.46. The molecule has 94 valence electrons. The van der Waals surface area contributed by atoms with E-state index in [0.29, 0.717) is 5.41 Å². The highest BCUT2D eigenvalue weighted by atomic mass is 16.2. The first kappa shape index (κ1) is 13.8. The fraction of sp³-hybridized carbons (Fsp3) is 0.867. The van der Waals surface area contributed by atoms with E-state index in [2.05, 4.69) is 27.7 Å². The molecule has 1 aliphatic carbocycles. The van der Waals surface area contributed by atoms with E-state index < -0.39 is 0 Å². The van der Waals surface area contributed by atoms with Crippen molar-refractivity contribution in [1.29, 1.82) is 0 Å². The number of rotatable bonds is 4. The highest BCUT2D eigenvalue weighted by Crippen LogP contribution is 2.46. The van der Waals surface area contributed by atoms with E-state index in [4.69, 9.17) is 5.11 Å². The van der Waals surface area contributed by atoms with E-state index in [1.807, 2.05) is 6.08 Å². The van der Waals surface area contributed by atoms with Crippen molar-refractivity contribution in [3.8, 4) is 0 Å². The third-order valence-corrected chi connectivity index (χ3v) is 4.46. The normalized spacial score (nSPS) is 30.4. The molecule has 1 nitrogen and oxygen atoms in total. The second kappa shape index (κ2) is 5.86. The topological polar surface area (TPSA) is 20.2 Å². The average molecular weight is 224 g/mol. The Morgan fingerprint density at radius 3 is 2.69 bits per heavy atom. The molecular weight excluding hydrogens is 196 g/mol. The maximum Gasteiger partial charge on any atom is 0.0614 e. The van der Waals surface area contributed by atoms with Gasteiger partial charge in [0.1, 0.15) is 0 Å². The van der Waals surface area contributed by atoms with Crippen LogP contribution in [0.1, 0.15) is 59.8 Å². The Labute approximate surface area is 101 Å². The number of allylic oxidation sites excluding steroid dienone is 1. The maximum atomic E-state index is 8.85. The summed E-state index contributed by atoms with van der Waals surface area (Å²) in [4.78, 5) is 0. The minimum atomic E-state index is 0.190. The predicted molar refractivity (Wildman–Crippen MR) is 70.4 cm³/mol. The van der Waals surface area contributed by atoms with Gasteiger partial charge in [0.15, 0.2) is 0 Å². The highest BCUT2D eigenvalue weighted by molar-refractivity contribution is 4.99. The number of aliphatic hydroxyl groups is 1. The monoisotopic (exact) mass is 224 g/mol. The van der Waals surface area contributed by atoms with Crippen molar-refractivity contribution in [1.82, 2.24) is 0 Å². The molecule has 0 aromatic carbocycles. The quantitative estimate of drug-likeness (QED) is 0.711. The Kier molecular flexibility index (Phi) is 5.04. The minimum Gasteiger partial charge on any atom is -0.392 e. The van der Waals surface area contributed by atoms with Gasteiger partial charge in [-0.2, -0.15) is 0 Å². The van der Waals surface area contributed by atoms with Crippen molar-refractivity contribution >= 4 is 0 Å². The van der Waals surface area contributed by atoms with Crippen LogP contribution in [0.4, 0.5) is 0 Å². The predicted octanol–water partition coefficient (Wildman–Crippen LogP) is 4.17. The van der Waals surface area contributed by atoms with Gasteiger partial charge in [-0.1, -0.05) is 45.3 Å². The molecule has 2 atom stereocenters. The van der Waals surface area contributed by atoms with Crippen LogP contribution in [0.2, 0.25) is 0 Å². The van der Waals surface area contributed by atoms with E-state index in [9.17, 15) is 0 Å². The van der Waals surface area contributed by atoms with E-state index in [1.54, 1.807) is 0 Å². The molecule has 1 saturated carbocycles. The fourth-order valence-electron chi connectivity index (χ4n) is 3.35. The van der Waals surface area contributed by atoms with Gasteiger partial charge in [0, 0.05) is 0 Å². The van der Waals surface area contributed by atoms with Gasteiger partial charge in [0.2, 0.25) is 0 Å². The summed E-state index contributed by atoms with van der Waals surface area (Å²) in [7, 11) is 0. The molecule has 1 aliphatic rings. The summed E-state index contributed by atoms with van der Waals surface area (Å²) in [5, 5.41) is 8.85. The summed E-state index contributed by atoms with van der Waals surface area (Å²) in [6.07, 6.45) is 8.56. The summed E-state index contributed by atoms with van der Waals surface area (Å²) in [5.41, 5.74) is 1.85. The molecule has 0 bridgehead atoms. The van der Waals surface area contributed by atoms with Crippen LogP contribution >= 0.6 is 0 Å². The summed E-state index contributed by atoms with van der Waals surface area (Å²) in [5.74, 6) is 1.72. The summed E-state index contributed by atoms with van der Waals surface area (Å²) >= 11 is 0. The van der Waals surface area contributed by atoms with Crippen LogP contribution in [0, 0.1) is 17.3 Å². The Bertz CT molecular complexity index is 240. The molecule has 16 heavy (non-hydrogen) atoms. The molecule has 0 aliphatic heterocycles. The van der Waals surface area contributed by atoms with Crippen LogP contribution in [0.15, 0.2) is 11.6 Å². The van der Waals surface area contributed by atoms with Crippen molar-refractivity contribution in [3.63, 3.8) is 0 Å². The lowest BCUT2D eigenvalue weighted by Crippen LogP contribution is -2.33. The van der Waals surface area contributed by atoms with Crippen LogP contribution in [0.3, 0.4) is 0 Å². The van der Waals surface area contributed by atoms with Crippen LogP contribution in [-0.2, 0) is 0 Å². The summed E-state index contributed by atoms with van der Waals surface area (Å²) in [6, 6.07) is 0.